The summed E-state index contributed by atoms with van der Waals surface area (Å²) in [5.74, 6) is 0.272. The van der Waals surface area contributed by atoms with Crippen molar-refractivity contribution in [2.24, 2.45) is 0 Å². The Labute approximate surface area is 164 Å². The lowest BCUT2D eigenvalue weighted by Gasteiger charge is -2.19. The van der Waals surface area contributed by atoms with E-state index in [1.54, 1.807) is 0 Å². The number of amides is 1. The SMILES string of the molecule is Cc1cc(C)nc(SCC(=O)NC(Cc2ccccc2)c2ccccc2)n1. The highest BCUT2D eigenvalue weighted by molar-refractivity contribution is 7.99. The molecule has 1 heterocycles. The van der Waals surface area contributed by atoms with Crippen LogP contribution in [0.4, 0.5) is 0 Å². The molecule has 3 aromatic rings. The molecule has 27 heavy (non-hydrogen) atoms. The molecule has 0 saturated heterocycles. The number of carbonyl (C=O) groups is 1. The summed E-state index contributed by atoms with van der Waals surface area (Å²) in [6.45, 7) is 3.87. The van der Waals surface area contributed by atoms with Crippen LogP contribution in [0, 0.1) is 13.8 Å². The zero-order valence-electron chi connectivity index (χ0n) is 15.6. The fourth-order valence-corrected chi connectivity index (χ4v) is 3.67. The Kier molecular flexibility index (Phi) is 6.60. The van der Waals surface area contributed by atoms with Crippen LogP contribution in [0.25, 0.3) is 0 Å². The van der Waals surface area contributed by atoms with Crippen LogP contribution in [0.2, 0.25) is 0 Å². The van der Waals surface area contributed by atoms with Crippen molar-refractivity contribution in [1.29, 1.82) is 0 Å². The van der Waals surface area contributed by atoms with Gasteiger partial charge in [-0.2, -0.15) is 0 Å². The Morgan fingerprint density at radius 2 is 1.56 bits per heavy atom. The summed E-state index contributed by atoms with van der Waals surface area (Å²) in [5.41, 5.74) is 4.12. The standard InChI is InChI=1S/C22H23N3OS/c1-16-13-17(2)24-22(23-16)27-15-21(26)25-20(19-11-7-4-8-12-19)14-18-9-5-3-6-10-18/h3-13,20H,14-15H2,1-2H3,(H,25,26). The van der Waals surface area contributed by atoms with Crippen molar-refractivity contribution < 1.29 is 4.79 Å². The molecule has 1 atom stereocenters. The van der Waals surface area contributed by atoms with Crippen molar-refractivity contribution in [1.82, 2.24) is 15.3 Å². The van der Waals surface area contributed by atoms with Crippen LogP contribution in [-0.4, -0.2) is 21.6 Å². The van der Waals surface area contributed by atoms with E-state index in [0.717, 1.165) is 23.4 Å². The van der Waals surface area contributed by atoms with Gasteiger partial charge in [0.15, 0.2) is 5.16 Å². The van der Waals surface area contributed by atoms with Crippen molar-refractivity contribution in [3.63, 3.8) is 0 Å². The van der Waals surface area contributed by atoms with Gasteiger partial charge in [-0.3, -0.25) is 4.79 Å². The average molecular weight is 378 g/mol. The van der Waals surface area contributed by atoms with Gasteiger partial charge in [-0.1, -0.05) is 72.4 Å². The summed E-state index contributed by atoms with van der Waals surface area (Å²) in [6, 6.07) is 22.1. The second-order valence-electron chi connectivity index (χ2n) is 6.44. The quantitative estimate of drug-likeness (QED) is 0.493. The number of nitrogens with one attached hydrogen (secondary N) is 1. The van der Waals surface area contributed by atoms with Gasteiger partial charge < -0.3 is 5.32 Å². The monoisotopic (exact) mass is 377 g/mol. The first-order chi connectivity index (χ1) is 13.1. The lowest BCUT2D eigenvalue weighted by molar-refractivity contribution is -0.119. The zero-order chi connectivity index (χ0) is 19.1. The molecule has 0 aliphatic carbocycles. The van der Waals surface area contributed by atoms with Crippen molar-refractivity contribution in [2.75, 3.05) is 5.75 Å². The highest BCUT2D eigenvalue weighted by atomic mass is 32.2. The summed E-state index contributed by atoms with van der Waals surface area (Å²) < 4.78 is 0. The van der Waals surface area contributed by atoms with Crippen molar-refractivity contribution in [3.05, 3.63) is 89.2 Å². The molecule has 5 heteroatoms. The lowest BCUT2D eigenvalue weighted by Crippen LogP contribution is -2.31. The van der Waals surface area contributed by atoms with Crippen LogP contribution in [0.1, 0.15) is 28.6 Å². The first-order valence-corrected chi connectivity index (χ1v) is 9.92. The number of thioether (sulfide) groups is 1. The summed E-state index contributed by atoms with van der Waals surface area (Å²) in [6.07, 6.45) is 0.751. The third-order valence-electron chi connectivity index (χ3n) is 4.11. The van der Waals surface area contributed by atoms with Crippen LogP contribution in [0.15, 0.2) is 71.9 Å². The Bertz CT molecular complexity index is 864. The van der Waals surface area contributed by atoms with Gasteiger partial charge in [-0.05, 0) is 37.5 Å². The molecule has 0 saturated carbocycles. The van der Waals surface area contributed by atoms with Gasteiger partial charge in [0.1, 0.15) is 0 Å². The average Bonchev–Trinajstić information content (AvgIpc) is 2.67. The van der Waals surface area contributed by atoms with Gasteiger partial charge in [0.2, 0.25) is 5.91 Å². The molecular formula is C22H23N3OS. The predicted octanol–water partition coefficient (Wildman–Crippen LogP) is 4.29. The Morgan fingerprint density at radius 1 is 0.963 bits per heavy atom. The Morgan fingerprint density at radius 3 is 2.19 bits per heavy atom. The minimum Gasteiger partial charge on any atom is -0.348 e. The normalized spacial score (nSPS) is 11.8. The molecule has 0 aliphatic rings. The number of hydrogen-bond donors (Lipinski definition) is 1. The van der Waals surface area contributed by atoms with E-state index in [2.05, 4.69) is 27.4 Å². The molecule has 1 N–H and O–H groups in total. The smallest absolute Gasteiger partial charge is 0.230 e. The molecule has 0 aliphatic heterocycles. The van der Waals surface area contributed by atoms with E-state index < -0.39 is 0 Å². The van der Waals surface area contributed by atoms with Crippen molar-refractivity contribution >= 4 is 17.7 Å². The molecule has 1 unspecified atom stereocenters. The first kappa shape index (κ1) is 19.1. The number of hydrogen-bond acceptors (Lipinski definition) is 4. The number of aryl methyl sites for hydroxylation is 2. The molecule has 2 aromatic carbocycles. The van der Waals surface area contributed by atoms with Crippen LogP contribution >= 0.6 is 11.8 Å². The van der Waals surface area contributed by atoms with Gasteiger partial charge >= 0.3 is 0 Å². The van der Waals surface area contributed by atoms with E-state index in [0.29, 0.717) is 10.9 Å². The third kappa shape index (κ3) is 5.93. The number of nitrogens with zero attached hydrogens (tertiary/aromatic N) is 2. The van der Waals surface area contributed by atoms with E-state index in [1.807, 2.05) is 68.4 Å². The van der Waals surface area contributed by atoms with E-state index >= 15 is 0 Å². The van der Waals surface area contributed by atoms with Crippen LogP contribution in [0.5, 0.6) is 0 Å². The Hall–Kier alpha value is -2.66. The van der Waals surface area contributed by atoms with Gasteiger partial charge in [0.05, 0.1) is 11.8 Å². The maximum atomic E-state index is 12.6. The molecule has 4 nitrogen and oxygen atoms in total. The van der Waals surface area contributed by atoms with Gasteiger partial charge in [0.25, 0.3) is 0 Å². The molecule has 1 amide bonds. The number of aromatic nitrogens is 2. The zero-order valence-corrected chi connectivity index (χ0v) is 16.4. The van der Waals surface area contributed by atoms with Gasteiger partial charge in [0, 0.05) is 11.4 Å². The van der Waals surface area contributed by atoms with Crippen LogP contribution in [0.3, 0.4) is 0 Å². The number of benzene rings is 2. The van der Waals surface area contributed by atoms with Crippen LogP contribution in [-0.2, 0) is 11.2 Å². The molecule has 0 bridgehead atoms. The molecule has 0 radical (unpaired) electrons. The minimum atomic E-state index is -0.0677. The number of rotatable bonds is 7. The fraction of sp³-hybridized carbons (Fsp3) is 0.227. The lowest BCUT2D eigenvalue weighted by atomic mass is 9.99. The summed E-state index contributed by atoms with van der Waals surface area (Å²) in [7, 11) is 0. The summed E-state index contributed by atoms with van der Waals surface area (Å²) in [4.78, 5) is 21.3. The maximum absolute atomic E-state index is 12.6. The fourth-order valence-electron chi connectivity index (χ4n) is 2.91. The molecule has 3 rings (SSSR count). The second-order valence-corrected chi connectivity index (χ2v) is 7.38. The largest absolute Gasteiger partial charge is 0.348 e. The van der Waals surface area contributed by atoms with Gasteiger partial charge in [-0.15, -0.1) is 0 Å². The topological polar surface area (TPSA) is 54.9 Å². The minimum absolute atomic E-state index is 0.0208. The molecular weight excluding hydrogens is 354 g/mol. The van der Waals surface area contributed by atoms with Crippen molar-refractivity contribution in [3.8, 4) is 0 Å². The third-order valence-corrected chi connectivity index (χ3v) is 4.96. The highest BCUT2D eigenvalue weighted by Crippen LogP contribution is 2.20. The van der Waals surface area contributed by atoms with E-state index in [9.17, 15) is 4.79 Å². The first-order valence-electron chi connectivity index (χ1n) is 8.93. The molecule has 0 fully saturated rings. The maximum Gasteiger partial charge on any atom is 0.230 e. The summed E-state index contributed by atoms with van der Waals surface area (Å²) >= 11 is 1.37. The second kappa shape index (κ2) is 9.33. The van der Waals surface area contributed by atoms with Gasteiger partial charge in [-0.25, -0.2) is 9.97 Å². The highest BCUT2D eigenvalue weighted by Gasteiger charge is 2.16. The molecule has 138 valence electrons. The predicted molar refractivity (Wildman–Crippen MR) is 110 cm³/mol. The van der Waals surface area contributed by atoms with E-state index in [4.69, 9.17) is 0 Å². The molecule has 0 spiro atoms. The van der Waals surface area contributed by atoms with Crippen molar-refractivity contribution in [2.45, 2.75) is 31.5 Å². The summed E-state index contributed by atoms with van der Waals surface area (Å²) in [5, 5.41) is 3.81. The van der Waals surface area contributed by atoms with E-state index in [1.165, 1.54) is 17.3 Å². The van der Waals surface area contributed by atoms with Crippen LogP contribution < -0.4 is 5.32 Å². The molecule has 1 aromatic heterocycles. The number of carbonyl (C=O) groups excluding carboxylic acids is 1. The Balaban J connectivity index is 1.66. The van der Waals surface area contributed by atoms with E-state index in [-0.39, 0.29) is 11.9 Å².